The second-order valence-electron chi connectivity index (χ2n) is 5.91. The SMILES string of the molecule is C1=CC=c2c(ccc3c4c(ccc23)C=CN2C=CC=CC=42)C=C1. The van der Waals surface area contributed by atoms with Gasteiger partial charge in [-0.3, -0.25) is 0 Å². The summed E-state index contributed by atoms with van der Waals surface area (Å²) in [6, 6.07) is 8.97. The smallest absolute Gasteiger partial charge is 0.0534 e. The van der Waals surface area contributed by atoms with Gasteiger partial charge in [-0.2, -0.15) is 0 Å². The Labute approximate surface area is 134 Å². The zero-order valence-corrected chi connectivity index (χ0v) is 12.6. The third-order valence-corrected chi connectivity index (χ3v) is 4.63. The van der Waals surface area contributed by atoms with Gasteiger partial charge in [-0.15, -0.1) is 0 Å². The van der Waals surface area contributed by atoms with Crippen LogP contribution in [-0.4, -0.2) is 4.90 Å². The van der Waals surface area contributed by atoms with Gasteiger partial charge in [-0.25, -0.2) is 0 Å². The molecule has 0 aromatic heterocycles. The van der Waals surface area contributed by atoms with Crippen molar-refractivity contribution < 1.29 is 0 Å². The standard InChI is InChI=1S/C22H15N/c1-2-6-16-9-12-20-19(18(16)7-3-1)11-10-17-13-15-23-14-5-4-8-21(23)22(17)20/h1-15H. The van der Waals surface area contributed by atoms with Crippen LogP contribution in [0.5, 0.6) is 0 Å². The van der Waals surface area contributed by atoms with Crippen LogP contribution >= 0.6 is 0 Å². The molecule has 0 spiro atoms. The van der Waals surface area contributed by atoms with Crippen molar-refractivity contribution >= 4 is 34.7 Å². The predicted octanol–water partition coefficient (Wildman–Crippen LogP) is 3.68. The molecule has 0 saturated heterocycles. The molecule has 0 bridgehead atoms. The molecule has 0 unspecified atom stereocenters. The van der Waals surface area contributed by atoms with Gasteiger partial charge in [0.15, 0.2) is 0 Å². The monoisotopic (exact) mass is 293 g/mol. The number of allylic oxidation sites excluding steroid dienone is 5. The third-order valence-electron chi connectivity index (χ3n) is 4.63. The molecule has 0 amide bonds. The highest BCUT2D eigenvalue weighted by molar-refractivity contribution is 5.92. The lowest BCUT2D eigenvalue weighted by atomic mass is 9.95. The first-order chi connectivity index (χ1) is 11.4. The van der Waals surface area contributed by atoms with Gasteiger partial charge in [0, 0.05) is 17.6 Å². The van der Waals surface area contributed by atoms with Crippen LogP contribution in [0.1, 0.15) is 11.1 Å². The summed E-state index contributed by atoms with van der Waals surface area (Å²) < 4.78 is 0. The molecule has 0 N–H and O–H groups in total. The Morgan fingerprint density at radius 1 is 0.609 bits per heavy atom. The van der Waals surface area contributed by atoms with Gasteiger partial charge in [-0.1, -0.05) is 60.7 Å². The zero-order chi connectivity index (χ0) is 15.2. The van der Waals surface area contributed by atoms with Gasteiger partial charge in [0.05, 0.1) is 5.70 Å². The van der Waals surface area contributed by atoms with Crippen molar-refractivity contribution in [3.63, 3.8) is 0 Å². The molecule has 0 fully saturated rings. The fraction of sp³-hybridized carbons (Fsp3) is 0. The number of nitrogens with zero attached hydrogens (tertiary/aromatic N) is 1. The molecule has 1 nitrogen and oxygen atoms in total. The average molecular weight is 293 g/mol. The maximum absolute atomic E-state index is 2.26. The number of fused-ring (bicyclic) bond motifs is 6. The van der Waals surface area contributed by atoms with E-state index in [-0.39, 0.29) is 0 Å². The Balaban J connectivity index is 1.99. The summed E-state index contributed by atoms with van der Waals surface area (Å²) in [5, 5.41) is 5.24. The number of rotatable bonds is 0. The lowest BCUT2D eigenvalue weighted by Gasteiger charge is -2.24. The van der Waals surface area contributed by atoms with Crippen molar-refractivity contribution in [3.8, 4) is 0 Å². The van der Waals surface area contributed by atoms with Crippen LogP contribution < -0.4 is 10.4 Å². The van der Waals surface area contributed by atoms with E-state index in [0.29, 0.717) is 0 Å². The first-order valence-electron chi connectivity index (χ1n) is 7.88. The molecule has 2 aromatic carbocycles. The van der Waals surface area contributed by atoms with Gasteiger partial charge < -0.3 is 4.90 Å². The van der Waals surface area contributed by atoms with E-state index in [0.717, 1.165) is 0 Å². The van der Waals surface area contributed by atoms with Crippen LogP contribution in [0.4, 0.5) is 0 Å². The summed E-state index contributed by atoms with van der Waals surface area (Å²) in [5.74, 6) is 0. The van der Waals surface area contributed by atoms with Crippen LogP contribution in [0.2, 0.25) is 0 Å². The summed E-state index contributed by atoms with van der Waals surface area (Å²) in [4.78, 5) is 2.19. The minimum Gasteiger partial charge on any atom is -0.323 e. The predicted molar refractivity (Wildman–Crippen MR) is 98.4 cm³/mol. The largest absolute Gasteiger partial charge is 0.323 e. The Kier molecular flexibility index (Phi) is 2.56. The summed E-state index contributed by atoms with van der Waals surface area (Å²) in [5.41, 5.74) is 3.80. The van der Waals surface area contributed by atoms with Crippen molar-refractivity contribution in [3.05, 3.63) is 94.7 Å². The maximum Gasteiger partial charge on any atom is 0.0534 e. The molecule has 5 rings (SSSR count). The molecule has 2 aromatic rings. The molecule has 23 heavy (non-hydrogen) atoms. The van der Waals surface area contributed by atoms with E-state index in [1.807, 2.05) is 0 Å². The van der Waals surface area contributed by atoms with Crippen molar-refractivity contribution in [2.75, 3.05) is 0 Å². The number of hydrogen-bond acceptors (Lipinski definition) is 1. The highest BCUT2D eigenvalue weighted by atomic mass is 15.1. The Hall–Kier alpha value is -3.06. The molecule has 2 aliphatic heterocycles. The molecule has 1 aliphatic carbocycles. The first kappa shape index (κ1) is 12.5. The zero-order valence-electron chi connectivity index (χ0n) is 12.6. The van der Waals surface area contributed by atoms with Gasteiger partial charge in [0.25, 0.3) is 0 Å². The van der Waals surface area contributed by atoms with Gasteiger partial charge in [0.2, 0.25) is 0 Å². The minimum absolute atomic E-state index is 1.25. The van der Waals surface area contributed by atoms with Crippen molar-refractivity contribution in [2.45, 2.75) is 0 Å². The summed E-state index contributed by atoms with van der Waals surface area (Å²) in [6.45, 7) is 0. The topological polar surface area (TPSA) is 3.24 Å². The molecule has 3 aliphatic rings. The van der Waals surface area contributed by atoms with E-state index >= 15 is 0 Å². The van der Waals surface area contributed by atoms with E-state index in [1.165, 1.54) is 38.0 Å². The van der Waals surface area contributed by atoms with Crippen molar-refractivity contribution in [1.29, 1.82) is 0 Å². The van der Waals surface area contributed by atoms with Crippen LogP contribution in [0.15, 0.2) is 73.1 Å². The average Bonchev–Trinajstić information content (AvgIpc) is 2.86. The lowest BCUT2D eigenvalue weighted by Crippen LogP contribution is -2.25. The minimum atomic E-state index is 1.25. The molecule has 0 radical (unpaired) electrons. The third kappa shape index (κ3) is 1.80. The highest BCUT2D eigenvalue weighted by Gasteiger charge is 2.14. The van der Waals surface area contributed by atoms with Crippen LogP contribution in [0, 0.1) is 0 Å². The molecule has 1 heteroatoms. The highest BCUT2D eigenvalue weighted by Crippen LogP contribution is 2.22. The Bertz CT molecular complexity index is 1100. The van der Waals surface area contributed by atoms with Crippen molar-refractivity contribution in [1.82, 2.24) is 4.90 Å². The fourth-order valence-electron chi connectivity index (χ4n) is 3.55. The summed E-state index contributed by atoms with van der Waals surface area (Å²) >= 11 is 0. The van der Waals surface area contributed by atoms with E-state index in [4.69, 9.17) is 0 Å². The lowest BCUT2D eigenvalue weighted by molar-refractivity contribution is 0.719. The van der Waals surface area contributed by atoms with Gasteiger partial charge in [-0.05, 0) is 45.3 Å². The van der Waals surface area contributed by atoms with Gasteiger partial charge >= 0.3 is 0 Å². The summed E-state index contributed by atoms with van der Waals surface area (Å²) in [6.07, 6.45) is 23.5. The van der Waals surface area contributed by atoms with Crippen LogP contribution in [-0.2, 0) is 0 Å². The second kappa shape index (κ2) is 4.72. The number of hydrogen-bond donors (Lipinski definition) is 0. The molecular weight excluding hydrogens is 278 g/mol. The van der Waals surface area contributed by atoms with E-state index in [1.54, 1.807) is 0 Å². The molecule has 108 valence electrons. The fourth-order valence-corrected chi connectivity index (χ4v) is 3.55. The van der Waals surface area contributed by atoms with E-state index in [2.05, 4.69) is 96.2 Å². The molecule has 0 atom stereocenters. The van der Waals surface area contributed by atoms with Gasteiger partial charge in [0.1, 0.15) is 0 Å². The molecule has 0 saturated carbocycles. The second-order valence-corrected chi connectivity index (χ2v) is 5.91. The van der Waals surface area contributed by atoms with E-state index in [9.17, 15) is 0 Å². The number of benzene rings is 2. The summed E-state index contributed by atoms with van der Waals surface area (Å²) in [7, 11) is 0. The maximum atomic E-state index is 2.26. The molecular formula is C22H15N. The molecule has 2 heterocycles. The van der Waals surface area contributed by atoms with Crippen molar-refractivity contribution in [2.24, 2.45) is 0 Å². The normalized spacial score (nSPS) is 16.9. The Morgan fingerprint density at radius 2 is 1.48 bits per heavy atom. The first-order valence-corrected chi connectivity index (χ1v) is 7.88. The van der Waals surface area contributed by atoms with Crippen LogP contribution in [0.25, 0.3) is 34.7 Å². The van der Waals surface area contributed by atoms with Crippen LogP contribution in [0.3, 0.4) is 0 Å². The Morgan fingerprint density at radius 3 is 2.48 bits per heavy atom. The van der Waals surface area contributed by atoms with E-state index < -0.39 is 0 Å². The quantitative estimate of drug-likeness (QED) is 0.716.